The van der Waals surface area contributed by atoms with Crippen molar-refractivity contribution in [2.24, 2.45) is 0 Å². The summed E-state index contributed by atoms with van der Waals surface area (Å²) < 4.78 is 38.4. The molecular weight excluding hydrogens is 382 g/mol. The maximum atomic E-state index is 13.9. The number of hydrogen-bond acceptors (Lipinski definition) is 5. The first-order chi connectivity index (χ1) is 13.9. The highest BCUT2D eigenvalue weighted by atomic mass is 19.1. The number of ether oxygens (including phenoxy) is 1. The minimum atomic E-state index is -0.935. The minimum Gasteiger partial charge on any atom is -0.462 e. The summed E-state index contributed by atoms with van der Waals surface area (Å²) >= 11 is 0. The van der Waals surface area contributed by atoms with E-state index in [9.17, 15) is 18.4 Å². The molecule has 0 aliphatic heterocycles. The molecule has 4 rings (SSSR count). The van der Waals surface area contributed by atoms with E-state index in [-0.39, 0.29) is 34.3 Å². The van der Waals surface area contributed by atoms with Crippen molar-refractivity contribution in [3.05, 3.63) is 75.6 Å². The fraction of sp³-hybridized carbons (Fsp3) is 0.0952. The van der Waals surface area contributed by atoms with Crippen molar-refractivity contribution in [3.63, 3.8) is 0 Å². The molecule has 0 spiro atoms. The van der Waals surface area contributed by atoms with E-state index in [2.05, 4.69) is 4.98 Å². The van der Waals surface area contributed by atoms with Crippen LogP contribution in [0.25, 0.3) is 33.0 Å². The largest absolute Gasteiger partial charge is 0.462 e. The lowest BCUT2D eigenvalue weighted by Crippen LogP contribution is -2.21. The first-order valence-electron chi connectivity index (χ1n) is 8.70. The maximum Gasteiger partial charge on any atom is 0.344 e. The molecule has 0 aliphatic carbocycles. The number of carbonyl (C=O) groups excluding carboxylic acids is 1. The lowest BCUT2D eigenvalue weighted by atomic mass is 9.96. The summed E-state index contributed by atoms with van der Waals surface area (Å²) in [6.45, 7) is 1.57. The Bertz CT molecular complexity index is 1390. The van der Waals surface area contributed by atoms with Crippen LogP contribution in [0.15, 0.2) is 51.7 Å². The molecule has 0 fully saturated rings. The second-order valence-corrected chi connectivity index (χ2v) is 6.26. The first-order valence-corrected chi connectivity index (χ1v) is 8.70. The zero-order chi connectivity index (χ0) is 20.7. The molecule has 0 amide bonds. The van der Waals surface area contributed by atoms with Crippen molar-refractivity contribution >= 4 is 27.8 Å². The predicted molar refractivity (Wildman–Crippen MR) is 102 cm³/mol. The Morgan fingerprint density at radius 3 is 2.55 bits per heavy atom. The zero-order valence-corrected chi connectivity index (χ0v) is 15.1. The van der Waals surface area contributed by atoms with Crippen LogP contribution >= 0.6 is 0 Å². The Morgan fingerprint density at radius 1 is 1.17 bits per heavy atom. The van der Waals surface area contributed by atoms with E-state index >= 15 is 0 Å². The van der Waals surface area contributed by atoms with E-state index in [4.69, 9.17) is 14.6 Å². The topological polar surface area (TPSA) is 96.2 Å². The molecule has 146 valence electrons. The van der Waals surface area contributed by atoms with E-state index in [0.29, 0.717) is 17.0 Å². The number of nitrogens with one attached hydrogen (secondary N) is 2. The number of aromatic nitrogens is 1. The first kappa shape index (κ1) is 18.5. The zero-order valence-electron chi connectivity index (χ0n) is 15.1. The molecule has 0 atom stereocenters. The van der Waals surface area contributed by atoms with E-state index in [1.54, 1.807) is 31.2 Å². The molecule has 0 unspecified atom stereocenters. The number of pyridine rings is 1. The molecule has 2 heterocycles. The van der Waals surface area contributed by atoms with Gasteiger partial charge in [0.25, 0.3) is 5.56 Å². The van der Waals surface area contributed by atoms with Crippen molar-refractivity contribution in [1.82, 2.24) is 4.98 Å². The summed E-state index contributed by atoms with van der Waals surface area (Å²) in [5.74, 6) is -2.73. The number of H-pyrrole nitrogens is 1. The van der Waals surface area contributed by atoms with Crippen LogP contribution < -0.4 is 11.1 Å². The second kappa shape index (κ2) is 6.97. The molecule has 0 saturated heterocycles. The van der Waals surface area contributed by atoms with Crippen LogP contribution in [0.4, 0.5) is 8.78 Å². The van der Waals surface area contributed by atoms with Gasteiger partial charge in [0, 0.05) is 17.0 Å². The third-order valence-electron chi connectivity index (χ3n) is 4.44. The van der Waals surface area contributed by atoms with E-state index in [1.165, 1.54) is 0 Å². The van der Waals surface area contributed by atoms with Gasteiger partial charge in [-0.1, -0.05) is 12.1 Å². The normalized spacial score (nSPS) is 11.1. The summed E-state index contributed by atoms with van der Waals surface area (Å²) in [5, 5.41) is 8.61. The fourth-order valence-corrected chi connectivity index (χ4v) is 3.32. The van der Waals surface area contributed by atoms with Crippen LogP contribution in [0.5, 0.6) is 0 Å². The molecule has 0 bridgehead atoms. The van der Waals surface area contributed by atoms with Crippen molar-refractivity contribution in [1.29, 1.82) is 5.41 Å². The average molecular weight is 396 g/mol. The van der Waals surface area contributed by atoms with Gasteiger partial charge < -0.3 is 14.1 Å². The number of benzene rings is 2. The van der Waals surface area contributed by atoms with Crippen molar-refractivity contribution < 1.29 is 22.7 Å². The lowest BCUT2D eigenvalue weighted by Gasteiger charge is -2.13. The Balaban J connectivity index is 2.27. The standard InChI is InChI=1S/C21H14F2N2O4/c1-2-28-21(27)17-15(10-7-11(22)9-12(23)8-10)16-18(29-19(17)24)13-5-3-4-6-14(13)25-20(16)26/h3-9,24H,2H2,1H3,(H,25,26). The number of rotatable bonds is 3. The summed E-state index contributed by atoms with van der Waals surface area (Å²) in [5.41, 5.74) is -1.32. The molecule has 2 N–H and O–H groups in total. The minimum absolute atomic E-state index is 0.00133. The molecule has 2 aromatic heterocycles. The lowest BCUT2D eigenvalue weighted by molar-refractivity contribution is 0.0521. The van der Waals surface area contributed by atoms with Gasteiger partial charge in [0.15, 0.2) is 5.58 Å². The van der Waals surface area contributed by atoms with Crippen LogP contribution in [-0.4, -0.2) is 17.6 Å². The van der Waals surface area contributed by atoms with Gasteiger partial charge >= 0.3 is 5.97 Å². The van der Waals surface area contributed by atoms with Crippen molar-refractivity contribution in [2.75, 3.05) is 6.61 Å². The third kappa shape index (κ3) is 3.08. The van der Waals surface area contributed by atoms with Crippen LogP contribution in [0, 0.1) is 17.0 Å². The van der Waals surface area contributed by atoms with Gasteiger partial charge in [0.05, 0.1) is 17.5 Å². The van der Waals surface area contributed by atoms with Gasteiger partial charge in [0.2, 0.25) is 5.55 Å². The summed E-state index contributed by atoms with van der Waals surface area (Å²) in [6.07, 6.45) is 0. The average Bonchev–Trinajstić information content (AvgIpc) is 2.66. The molecule has 0 saturated carbocycles. The Labute approximate surface area is 161 Å². The molecule has 0 aliphatic rings. The molecule has 8 heteroatoms. The highest BCUT2D eigenvalue weighted by molar-refractivity contribution is 6.11. The maximum absolute atomic E-state index is 13.9. The Morgan fingerprint density at radius 2 is 1.86 bits per heavy atom. The number of hydrogen-bond donors (Lipinski definition) is 2. The van der Waals surface area contributed by atoms with Gasteiger partial charge in [-0.2, -0.15) is 0 Å². The van der Waals surface area contributed by atoms with Crippen molar-refractivity contribution in [3.8, 4) is 11.1 Å². The molecular formula is C21H14F2N2O4. The van der Waals surface area contributed by atoms with Gasteiger partial charge in [-0.15, -0.1) is 0 Å². The highest BCUT2D eigenvalue weighted by Gasteiger charge is 2.25. The third-order valence-corrected chi connectivity index (χ3v) is 4.44. The SMILES string of the molecule is CCOC(=O)c1c(-c2cc(F)cc(F)c2)c2c(=O)[nH]c3ccccc3c2oc1=N. The highest BCUT2D eigenvalue weighted by Crippen LogP contribution is 2.32. The van der Waals surface area contributed by atoms with Crippen LogP contribution in [-0.2, 0) is 4.74 Å². The molecule has 4 aromatic rings. The van der Waals surface area contributed by atoms with E-state index in [0.717, 1.165) is 12.1 Å². The van der Waals surface area contributed by atoms with Gasteiger partial charge in [-0.3, -0.25) is 10.2 Å². The molecule has 29 heavy (non-hydrogen) atoms. The van der Waals surface area contributed by atoms with E-state index in [1.807, 2.05) is 0 Å². The number of fused-ring (bicyclic) bond motifs is 3. The van der Waals surface area contributed by atoms with Crippen LogP contribution in [0.3, 0.4) is 0 Å². The molecule has 2 aromatic carbocycles. The van der Waals surface area contributed by atoms with Gasteiger partial charge in [-0.25, -0.2) is 13.6 Å². The number of halogens is 2. The number of carbonyl (C=O) groups is 1. The van der Waals surface area contributed by atoms with E-state index < -0.39 is 28.7 Å². The monoisotopic (exact) mass is 396 g/mol. The summed E-state index contributed by atoms with van der Waals surface area (Å²) in [4.78, 5) is 28.1. The fourth-order valence-electron chi connectivity index (χ4n) is 3.32. The Kier molecular flexibility index (Phi) is 4.46. The number of esters is 1. The predicted octanol–water partition coefficient (Wildman–Crippen LogP) is 3.88. The quantitative estimate of drug-likeness (QED) is 0.406. The summed E-state index contributed by atoms with van der Waals surface area (Å²) in [7, 11) is 0. The number of para-hydroxylation sites is 1. The number of aromatic amines is 1. The van der Waals surface area contributed by atoms with Gasteiger partial charge in [-0.05, 0) is 36.8 Å². The van der Waals surface area contributed by atoms with Crippen LogP contribution in [0.2, 0.25) is 0 Å². The summed E-state index contributed by atoms with van der Waals surface area (Å²) in [6, 6.07) is 9.36. The molecule has 0 radical (unpaired) electrons. The van der Waals surface area contributed by atoms with Crippen molar-refractivity contribution in [2.45, 2.75) is 6.92 Å². The second-order valence-electron chi connectivity index (χ2n) is 6.26. The van der Waals surface area contributed by atoms with Gasteiger partial charge in [0.1, 0.15) is 17.2 Å². The Hall–Kier alpha value is -3.81. The van der Waals surface area contributed by atoms with Crippen LogP contribution in [0.1, 0.15) is 17.3 Å². The smallest absolute Gasteiger partial charge is 0.344 e. The molecule has 6 nitrogen and oxygen atoms in total.